The maximum absolute atomic E-state index is 5.44. The smallest absolute Gasteiger partial charge is 0.0105 e. The molecule has 0 saturated carbocycles. The minimum absolute atomic E-state index is 0.787. The van der Waals surface area contributed by atoms with E-state index in [4.69, 9.17) is 5.73 Å². The summed E-state index contributed by atoms with van der Waals surface area (Å²) in [5.41, 5.74) is 5.44. The van der Waals surface area contributed by atoms with E-state index in [9.17, 15) is 0 Å². The van der Waals surface area contributed by atoms with Gasteiger partial charge in [0.2, 0.25) is 0 Å². The Labute approximate surface area is 57.0 Å². The lowest BCUT2D eigenvalue weighted by Gasteiger charge is -2.17. The summed E-state index contributed by atoms with van der Waals surface area (Å²) in [7, 11) is 2.19. The molecule has 1 saturated heterocycles. The molecule has 2 heteroatoms. The van der Waals surface area contributed by atoms with Crippen LogP contribution in [-0.4, -0.2) is 31.1 Å². The molecule has 2 nitrogen and oxygen atoms in total. The van der Waals surface area contributed by atoms with Crippen molar-refractivity contribution in [2.45, 2.75) is 25.3 Å². The van der Waals surface area contributed by atoms with Crippen LogP contribution in [0.3, 0.4) is 0 Å². The van der Waals surface area contributed by atoms with Crippen LogP contribution in [0.4, 0.5) is 0 Å². The minimum atomic E-state index is 0.787. The van der Waals surface area contributed by atoms with Gasteiger partial charge in [0.25, 0.3) is 0 Å². The van der Waals surface area contributed by atoms with Crippen LogP contribution in [0.1, 0.15) is 19.3 Å². The Kier molecular flexibility index (Phi) is 2.49. The molecule has 1 heterocycles. The number of hydrogen-bond acceptors (Lipinski definition) is 2. The zero-order chi connectivity index (χ0) is 6.69. The summed E-state index contributed by atoms with van der Waals surface area (Å²) in [5, 5.41) is 0. The lowest BCUT2D eigenvalue weighted by atomic mass is 10.1. The van der Waals surface area contributed by atoms with E-state index in [1.54, 1.807) is 0 Å². The van der Waals surface area contributed by atoms with Gasteiger partial charge in [0.05, 0.1) is 0 Å². The molecule has 1 rings (SSSR count). The van der Waals surface area contributed by atoms with Gasteiger partial charge in [-0.3, -0.25) is 0 Å². The van der Waals surface area contributed by atoms with Crippen molar-refractivity contribution in [1.82, 2.24) is 4.90 Å². The van der Waals surface area contributed by atoms with E-state index in [2.05, 4.69) is 11.9 Å². The highest BCUT2D eigenvalue weighted by Gasteiger charge is 2.18. The highest BCUT2D eigenvalue weighted by atomic mass is 15.1. The van der Waals surface area contributed by atoms with Crippen molar-refractivity contribution in [3.63, 3.8) is 0 Å². The van der Waals surface area contributed by atoms with E-state index in [-0.39, 0.29) is 0 Å². The monoisotopic (exact) mass is 128 g/mol. The van der Waals surface area contributed by atoms with Crippen LogP contribution in [-0.2, 0) is 0 Å². The highest BCUT2D eigenvalue weighted by Crippen LogP contribution is 2.16. The summed E-state index contributed by atoms with van der Waals surface area (Å²) in [6.07, 6.45) is 3.89. The molecule has 0 spiro atoms. The fourth-order valence-electron chi connectivity index (χ4n) is 1.54. The van der Waals surface area contributed by atoms with E-state index < -0.39 is 0 Å². The van der Waals surface area contributed by atoms with Gasteiger partial charge >= 0.3 is 0 Å². The van der Waals surface area contributed by atoms with Crippen molar-refractivity contribution in [3.05, 3.63) is 0 Å². The van der Waals surface area contributed by atoms with E-state index in [1.165, 1.54) is 25.8 Å². The molecule has 0 aromatic rings. The predicted molar refractivity (Wildman–Crippen MR) is 39.3 cm³/mol. The predicted octanol–water partition coefficient (Wildman–Crippen LogP) is 0.429. The molecule has 9 heavy (non-hydrogen) atoms. The van der Waals surface area contributed by atoms with Crippen LogP contribution in [0.25, 0.3) is 0 Å². The first kappa shape index (κ1) is 7.03. The van der Waals surface area contributed by atoms with Crippen molar-refractivity contribution in [3.8, 4) is 0 Å². The second kappa shape index (κ2) is 3.18. The largest absolute Gasteiger partial charge is 0.330 e. The number of rotatable bonds is 2. The van der Waals surface area contributed by atoms with Gasteiger partial charge in [0.15, 0.2) is 0 Å². The maximum atomic E-state index is 5.44. The van der Waals surface area contributed by atoms with E-state index in [1.807, 2.05) is 0 Å². The summed E-state index contributed by atoms with van der Waals surface area (Å²) in [4.78, 5) is 2.41. The van der Waals surface area contributed by atoms with Gasteiger partial charge in [-0.05, 0) is 39.4 Å². The lowest BCUT2D eigenvalue weighted by molar-refractivity contribution is 0.299. The highest BCUT2D eigenvalue weighted by molar-refractivity contribution is 4.75. The van der Waals surface area contributed by atoms with Crippen molar-refractivity contribution in [1.29, 1.82) is 0 Å². The molecule has 1 aliphatic rings. The summed E-state index contributed by atoms with van der Waals surface area (Å²) in [6, 6.07) is 0.787. The average Bonchev–Trinajstić information content (AvgIpc) is 2.18. The average molecular weight is 128 g/mol. The number of nitrogens with two attached hydrogens (primary N) is 1. The molecular formula is C7H16N2. The number of nitrogens with zero attached hydrogens (tertiary/aromatic N) is 1. The molecule has 0 aromatic heterocycles. The second-order valence-corrected chi connectivity index (χ2v) is 2.85. The third-order valence-electron chi connectivity index (χ3n) is 2.17. The molecule has 0 amide bonds. The Bertz CT molecular complexity index is 83.0. The van der Waals surface area contributed by atoms with Gasteiger partial charge in [0.1, 0.15) is 0 Å². The fraction of sp³-hybridized carbons (Fsp3) is 1.00. The lowest BCUT2D eigenvalue weighted by Crippen LogP contribution is -2.27. The summed E-state index contributed by atoms with van der Waals surface area (Å²) in [5.74, 6) is 0. The third-order valence-corrected chi connectivity index (χ3v) is 2.17. The normalized spacial score (nSPS) is 29.3. The van der Waals surface area contributed by atoms with Crippen LogP contribution < -0.4 is 5.73 Å². The Balaban J connectivity index is 2.22. The van der Waals surface area contributed by atoms with Crippen molar-refractivity contribution in [2.24, 2.45) is 5.73 Å². The third kappa shape index (κ3) is 1.66. The Morgan fingerprint density at radius 2 is 2.44 bits per heavy atom. The Morgan fingerprint density at radius 1 is 1.67 bits per heavy atom. The number of hydrogen-bond donors (Lipinski definition) is 1. The Morgan fingerprint density at radius 3 is 2.89 bits per heavy atom. The summed E-state index contributed by atoms with van der Waals surface area (Å²) < 4.78 is 0. The fourth-order valence-corrected chi connectivity index (χ4v) is 1.54. The van der Waals surface area contributed by atoms with Crippen LogP contribution >= 0.6 is 0 Å². The van der Waals surface area contributed by atoms with E-state index >= 15 is 0 Å². The molecular weight excluding hydrogens is 112 g/mol. The Hall–Kier alpha value is -0.0800. The van der Waals surface area contributed by atoms with Gasteiger partial charge in [0, 0.05) is 6.04 Å². The SMILES string of the molecule is CN1CCC[C@@H]1CCN. The van der Waals surface area contributed by atoms with Crippen LogP contribution in [0.2, 0.25) is 0 Å². The molecule has 0 radical (unpaired) electrons. The molecule has 54 valence electrons. The van der Waals surface area contributed by atoms with Crippen LogP contribution in [0.5, 0.6) is 0 Å². The zero-order valence-corrected chi connectivity index (χ0v) is 6.14. The van der Waals surface area contributed by atoms with Crippen molar-refractivity contribution in [2.75, 3.05) is 20.1 Å². The first-order chi connectivity index (χ1) is 4.34. The topological polar surface area (TPSA) is 29.3 Å². The van der Waals surface area contributed by atoms with Crippen molar-refractivity contribution < 1.29 is 0 Å². The first-order valence-corrected chi connectivity index (χ1v) is 3.75. The minimum Gasteiger partial charge on any atom is -0.330 e. The maximum Gasteiger partial charge on any atom is 0.0105 e. The van der Waals surface area contributed by atoms with Crippen LogP contribution in [0, 0.1) is 0 Å². The van der Waals surface area contributed by atoms with Gasteiger partial charge in [-0.1, -0.05) is 0 Å². The summed E-state index contributed by atoms with van der Waals surface area (Å²) in [6.45, 7) is 2.11. The van der Waals surface area contributed by atoms with Gasteiger partial charge < -0.3 is 10.6 Å². The molecule has 0 aliphatic carbocycles. The van der Waals surface area contributed by atoms with Gasteiger partial charge in [-0.15, -0.1) is 0 Å². The standard InChI is InChI=1S/C7H16N2/c1-9-6-2-3-7(9)4-5-8/h7H,2-6,8H2,1H3/t7-/m1/s1. The quantitative estimate of drug-likeness (QED) is 0.584. The molecule has 2 N–H and O–H groups in total. The zero-order valence-electron chi connectivity index (χ0n) is 6.14. The van der Waals surface area contributed by atoms with E-state index in [0.29, 0.717) is 0 Å². The molecule has 1 atom stereocenters. The molecule has 0 bridgehead atoms. The first-order valence-electron chi connectivity index (χ1n) is 3.75. The van der Waals surface area contributed by atoms with E-state index in [0.717, 1.165) is 12.6 Å². The van der Waals surface area contributed by atoms with Gasteiger partial charge in [-0.2, -0.15) is 0 Å². The van der Waals surface area contributed by atoms with Crippen LogP contribution in [0.15, 0.2) is 0 Å². The van der Waals surface area contributed by atoms with Crippen molar-refractivity contribution >= 4 is 0 Å². The summed E-state index contributed by atoms with van der Waals surface area (Å²) >= 11 is 0. The molecule has 0 aromatic carbocycles. The number of likely N-dealkylation sites (tertiary alicyclic amines) is 1. The molecule has 1 fully saturated rings. The second-order valence-electron chi connectivity index (χ2n) is 2.85. The van der Waals surface area contributed by atoms with Gasteiger partial charge in [-0.25, -0.2) is 0 Å². The molecule has 0 unspecified atom stereocenters. The molecule has 1 aliphatic heterocycles.